The van der Waals surface area contributed by atoms with E-state index in [-0.39, 0.29) is 0 Å². The summed E-state index contributed by atoms with van der Waals surface area (Å²) in [5, 5.41) is 0. The van der Waals surface area contributed by atoms with Crippen LogP contribution in [0.3, 0.4) is 0 Å². The van der Waals surface area contributed by atoms with Crippen molar-refractivity contribution in [1.82, 2.24) is 0 Å². The number of hydrogen-bond acceptors (Lipinski definition) is 8. The van der Waals surface area contributed by atoms with Crippen LogP contribution in [0.15, 0.2) is 0 Å². The van der Waals surface area contributed by atoms with E-state index < -0.39 is 29.9 Å². The van der Waals surface area contributed by atoms with E-state index in [0.29, 0.717) is 0 Å². The fraction of sp³-hybridized carbons (Fsp3) is 0. The van der Waals surface area contributed by atoms with Crippen molar-refractivity contribution in [1.29, 1.82) is 0 Å². The zero-order valence-electron chi connectivity index (χ0n) is 6.28. The van der Waals surface area contributed by atoms with Gasteiger partial charge in [0.2, 0.25) is 0 Å². The van der Waals surface area contributed by atoms with Crippen molar-refractivity contribution in [2.45, 2.75) is 0 Å². The first-order chi connectivity index (χ1) is 6.21. The lowest BCUT2D eigenvalue weighted by atomic mass is 14.9. The van der Waals surface area contributed by atoms with Crippen molar-refractivity contribution >= 4 is 41.0 Å². The maximum absolute atomic E-state index is 9.51. The second-order valence-corrected chi connectivity index (χ2v) is 5.62. The van der Waals surface area contributed by atoms with E-state index >= 15 is 0 Å². The lowest BCUT2D eigenvalue weighted by molar-refractivity contribution is -0.105. The van der Waals surface area contributed by atoms with E-state index in [1.54, 1.807) is 0 Å². The molecular formula is H4O11S4. The summed E-state index contributed by atoms with van der Waals surface area (Å²) in [4.78, 5) is 0. The van der Waals surface area contributed by atoms with E-state index in [4.69, 9.17) is 22.4 Å². The first kappa shape index (κ1) is 17.4. The van der Waals surface area contributed by atoms with Gasteiger partial charge in [-0.2, -0.15) is 21.0 Å². The summed E-state index contributed by atoms with van der Waals surface area (Å²) < 4.78 is 82.8. The lowest BCUT2D eigenvalue weighted by Crippen LogP contribution is -2.10. The molecule has 0 amide bonds. The Bertz CT molecular complexity index is 417. The molecule has 0 aromatic carbocycles. The molecule has 0 fully saturated rings. The van der Waals surface area contributed by atoms with Crippen LogP contribution in [-0.4, -0.2) is 39.3 Å². The lowest BCUT2D eigenvalue weighted by Gasteiger charge is -1.92. The summed E-state index contributed by atoms with van der Waals surface area (Å²) >= 11 is 3.47. The molecule has 0 spiro atoms. The van der Waals surface area contributed by atoms with Gasteiger partial charge in [0.1, 0.15) is 0 Å². The monoisotopic (exact) mass is 308 g/mol. The Balaban J connectivity index is 0. The summed E-state index contributed by atoms with van der Waals surface area (Å²) in [5.41, 5.74) is 0. The zero-order valence-corrected chi connectivity index (χ0v) is 9.55. The van der Waals surface area contributed by atoms with Crippen LogP contribution in [0, 0.1) is 0 Å². The van der Waals surface area contributed by atoms with Gasteiger partial charge < -0.3 is 0 Å². The van der Waals surface area contributed by atoms with Gasteiger partial charge >= 0.3 is 20.8 Å². The molecule has 0 aromatic heterocycles. The molecule has 0 aliphatic carbocycles. The van der Waals surface area contributed by atoms with Crippen molar-refractivity contribution in [3.63, 3.8) is 0 Å². The van der Waals surface area contributed by atoms with Crippen LogP contribution >= 0.6 is 0 Å². The van der Waals surface area contributed by atoms with Crippen molar-refractivity contribution in [3.05, 3.63) is 0 Å². The third-order valence-electron chi connectivity index (χ3n) is 0.200. The molecule has 0 aliphatic rings. The molecule has 0 saturated carbocycles. The molecule has 0 aromatic rings. The largest absolute Gasteiger partial charge is 0.425 e. The first-order valence-electron chi connectivity index (χ1n) is 2.23. The van der Waals surface area contributed by atoms with Crippen LogP contribution in [0.2, 0.25) is 0 Å². The van der Waals surface area contributed by atoms with E-state index in [0.717, 1.165) is 0 Å². The van der Waals surface area contributed by atoms with Crippen LogP contribution in [0.25, 0.3) is 0 Å². The number of hydrogen-bond donors (Lipinski definition) is 4. The van der Waals surface area contributed by atoms with E-state index in [1.807, 2.05) is 0 Å². The van der Waals surface area contributed by atoms with Crippen molar-refractivity contribution in [3.8, 4) is 0 Å². The third-order valence-corrected chi connectivity index (χ3v) is 0.766. The van der Waals surface area contributed by atoms with E-state index in [9.17, 15) is 16.8 Å². The summed E-state index contributed by atoms with van der Waals surface area (Å²) in [6.07, 6.45) is 0. The molecule has 0 saturated heterocycles. The van der Waals surface area contributed by atoms with Gasteiger partial charge in [0, 0.05) is 11.2 Å². The van der Waals surface area contributed by atoms with Gasteiger partial charge in [-0.15, -0.1) is 0 Å². The second kappa shape index (κ2) is 5.94. The van der Waals surface area contributed by atoms with Gasteiger partial charge in [-0.05, 0) is 0 Å². The molecule has 94 valence electrons. The maximum Gasteiger partial charge on any atom is 0.425 e. The van der Waals surface area contributed by atoms with Crippen LogP contribution in [0.1, 0.15) is 0 Å². The maximum atomic E-state index is 9.51. The average Bonchev–Trinajstić information content (AvgIpc) is 1.76. The van der Waals surface area contributed by atoms with Crippen LogP contribution in [0.4, 0.5) is 0 Å². The number of rotatable bonds is 3. The highest BCUT2D eigenvalue weighted by Gasteiger charge is 2.13. The Hall–Kier alpha value is 0.0300. The van der Waals surface area contributed by atoms with Gasteiger partial charge in [-0.1, -0.05) is 8.67 Å². The summed E-state index contributed by atoms with van der Waals surface area (Å²) in [7, 11) is -13.9. The molecule has 15 heavy (non-hydrogen) atoms. The molecule has 0 rings (SSSR count). The van der Waals surface area contributed by atoms with Crippen LogP contribution in [-0.2, 0) is 49.7 Å². The summed E-state index contributed by atoms with van der Waals surface area (Å²) in [6, 6.07) is 0. The molecule has 11 nitrogen and oxygen atoms in total. The Morgan fingerprint density at radius 2 is 0.867 bits per heavy atom. The van der Waals surface area contributed by atoms with Gasteiger partial charge in [-0.3, -0.25) is 18.2 Å². The Labute approximate surface area is 89.2 Å². The molecule has 0 heterocycles. The molecular weight excluding hydrogens is 304 g/mol. The van der Waals surface area contributed by atoms with E-state index in [2.05, 4.69) is 19.9 Å². The molecule has 0 aliphatic heterocycles. The normalized spacial score (nSPS) is 12.8. The van der Waals surface area contributed by atoms with Gasteiger partial charge in [0.25, 0.3) is 9.05 Å². The highest BCUT2D eigenvalue weighted by molar-refractivity contribution is 8.26. The molecule has 4 N–H and O–H groups in total. The Morgan fingerprint density at radius 3 is 0.933 bits per heavy atom. The molecule has 0 unspecified atom stereocenters. The second-order valence-electron chi connectivity index (χ2n) is 1.44. The van der Waals surface area contributed by atoms with Gasteiger partial charge in [-0.25, -0.2) is 0 Å². The van der Waals surface area contributed by atoms with Crippen LogP contribution in [0.5, 0.6) is 0 Å². The fourth-order valence-corrected chi connectivity index (χ4v) is 0.632. The molecule has 0 radical (unpaired) electrons. The molecule has 0 bridgehead atoms. The summed E-state index contributed by atoms with van der Waals surface area (Å²) in [5.74, 6) is 0. The van der Waals surface area contributed by atoms with Crippen molar-refractivity contribution in [2.24, 2.45) is 0 Å². The predicted molar refractivity (Wildman–Crippen MR) is 46.0 cm³/mol. The molecule has 15 heteroatoms. The SMILES string of the molecule is O=S(=O)(O)OOS(=O)(=O)O.O=S(O)(O)=S. The minimum absolute atomic E-state index is 2.78. The predicted octanol–water partition coefficient (Wildman–Crippen LogP) is -1.78. The van der Waals surface area contributed by atoms with Gasteiger partial charge in [0.05, 0.1) is 0 Å². The van der Waals surface area contributed by atoms with Crippen molar-refractivity contribution in [2.75, 3.05) is 0 Å². The highest BCUT2D eigenvalue weighted by atomic mass is 32.9. The Morgan fingerprint density at radius 1 is 0.733 bits per heavy atom. The average molecular weight is 308 g/mol. The van der Waals surface area contributed by atoms with Crippen LogP contribution < -0.4 is 0 Å². The minimum Gasteiger partial charge on any atom is -0.285 e. The summed E-state index contributed by atoms with van der Waals surface area (Å²) in [6.45, 7) is 0. The fourth-order valence-electron chi connectivity index (χ4n) is 0.0702. The quantitative estimate of drug-likeness (QED) is 0.261. The standard InChI is InChI=1S/H2O8S2.H2O3S2/c1-9(2,3)7-8-10(4,5)6;1-5(2,3)4/h(H,1,2,3)(H,4,5,6);(H2,1,2,3,4). The topological polar surface area (TPSA) is 185 Å². The van der Waals surface area contributed by atoms with Gasteiger partial charge in [0.15, 0.2) is 0 Å². The first-order valence-corrected chi connectivity index (χ1v) is 7.36. The highest BCUT2D eigenvalue weighted by Crippen LogP contribution is 1.92. The zero-order chi connectivity index (χ0) is 12.9. The van der Waals surface area contributed by atoms with Crippen molar-refractivity contribution < 1.29 is 47.9 Å². The van der Waals surface area contributed by atoms with E-state index in [1.165, 1.54) is 0 Å². The Kier molecular flexibility index (Phi) is 6.90. The minimum atomic E-state index is -5.02. The molecule has 0 atom stereocenters. The third kappa shape index (κ3) is 41.1. The smallest absolute Gasteiger partial charge is 0.285 e.